The first-order valence-electron chi connectivity index (χ1n) is 6.56. The van der Waals surface area contributed by atoms with Crippen LogP contribution in [0.5, 0.6) is 23.0 Å². The van der Waals surface area contributed by atoms with Crippen LogP contribution >= 0.6 is 0 Å². The van der Waals surface area contributed by atoms with E-state index in [9.17, 15) is 20.4 Å². The van der Waals surface area contributed by atoms with Crippen molar-refractivity contribution in [3.63, 3.8) is 0 Å². The lowest BCUT2D eigenvalue weighted by atomic mass is 9.87. The van der Waals surface area contributed by atoms with Crippen molar-refractivity contribution >= 4 is 0 Å². The second-order valence-corrected chi connectivity index (χ2v) is 4.83. The first-order valence-corrected chi connectivity index (χ1v) is 6.56. The fraction of sp³-hybridized carbons (Fsp3) is 0.250. The summed E-state index contributed by atoms with van der Waals surface area (Å²) in [6.07, 6.45) is 1.63. The molecule has 1 atom stereocenters. The number of phenols is 4. The topological polar surface area (TPSA) is 80.9 Å². The largest absolute Gasteiger partial charge is 0.508 e. The second-order valence-electron chi connectivity index (χ2n) is 4.83. The summed E-state index contributed by atoms with van der Waals surface area (Å²) >= 11 is 0. The number of hydrogen-bond donors (Lipinski definition) is 4. The van der Waals surface area contributed by atoms with Gasteiger partial charge in [-0.3, -0.25) is 0 Å². The van der Waals surface area contributed by atoms with E-state index in [1.807, 2.05) is 6.92 Å². The van der Waals surface area contributed by atoms with E-state index in [4.69, 9.17) is 0 Å². The van der Waals surface area contributed by atoms with E-state index in [0.717, 1.165) is 18.4 Å². The zero-order chi connectivity index (χ0) is 14.7. The highest BCUT2D eigenvalue weighted by molar-refractivity contribution is 5.48. The third-order valence-corrected chi connectivity index (χ3v) is 3.37. The Morgan fingerprint density at radius 1 is 0.850 bits per heavy atom. The van der Waals surface area contributed by atoms with Crippen LogP contribution in [0.25, 0.3) is 0 Å². The van der Waals surface area contributed by atoms with Crippen molar-refractivity contribution < 1.29 is 20.4 Å². The van der Waals surface area contributed by atoms with Gasteiger partial charge in [-0.2, -0.15) is 0 Å². The molecule has 0 fully saturated rings. The minimum atomic E-state index is -0.191. The van der Waals surface area contributed by atoms with Crippen LogP contribution in [0, 0.1) is 0 Å². The van der Waals surface area contributed by atoms with Crippen molar-refractivity contribution in [2.24, 2.45) is 0 Å². The second kappa shape index (κ2) is 5.74. The zero-order valence-electron chi connectivity index (χ0n) is 11.2. The molecule has 0 heterocycles. The normalized spacial score (nSPS) is 12.2. The fourth-order valence-corrected chi connectivity index (χ4v) is 2.37. The van der Waals surface area contributed by atoms with Crippen molar-refractivity contribution in [2.45, 2.75) is 25.7 Å². The van der Waals surface area contributed by atoms with Crippen LogP contribution in [0.2, 0.25) is 0 Å². The van der Waals surface area contributed by atoms with Crippen molar-refractivity contribution in [1.29, 1.82) is 0 Å². The van der Waals surface area contributed by atoms with Crippen LogP contribution in [0.15, 0.2) is 36.4 Å². The number of benzene rings is 2. The van der Waals surface area contributed by atoms with Gasteiger partial charge in [0.15, 0.2) is 11.5 Å². The van der Waals surface area contributed by atoms with Crippen molar-refractivity contribution in [2.75, 3.05) is 0 Å². The first-order chi connectivity index (χ1) is 9.52. The monoisotopic (exact) mass is 274 g/mol. The Morgan fingerprint density at radius 2 is 1.55 bits per heavy atom. The lowest BCUT2D eigenvalue weighted by Gasteiger charge is -2.19. The Balaban J connectivity index is 2.49. The molecule has 0 saturated carbocycles. The molecule has 0 aliphatic heterocycles. The van der Waals surface area contributed by atoms with Gasteiger partial charge in [0.2, 0.25) is 0 Å². The molecule has 1 unspecified atom stereocenters. The summed E-state index contributed by atoms with van der Waals surface area (Å²) in [6, 6.07) is 9.02. The maximum absolute atomic E-state index is 9.99. The smallest absolute Gasteiger partial charge is 0.157 e. The summed E-state index contributed by atoms with van der Waals surface area (Å²) in [5, 5.41) is 38.6. The molecule has 0 saturated heterocycles. The molecule has 0 aliphatic rings. The Morgan fingerprint density at radius 3 is 2.20 bits per heavy atom. The molecular formula is C16H18O4. The van der Waals surface area contributed by atoms with Gasteiger partial charge in [-0.15, -0.1) is 0 Å². The number of aromatic hydroxyl groups is 4. The van der Waals surface area contributed by atoms with E-state index < -0.39 is 0 Å². The molecule has 2 aromatic rings. The molecule has 2 rings (SSSR count). The van der Waals surface area contributed by atoms with Gasteiger partial charge in [0, 0.05) is 11.5 Å². The maximum Gasteiger partial charge on any atom is 0.157 e. The summed E-state index contributed by atoms with van der Waals surface area (Å²) in [5.74, 6) is -0.332. The SMILES string of the molecule is CCCC(c1ccc(O)c(O)c1)c1cc(O)ccc1O. The first kappa shape index (κ1) is 14.1. The molecule has 4 N–H and O–H groups in total. The van der Waals surface area contributed by atoms with Gasteiger partial charge in [-0.25, -0.2) is 0 Å². The molecule has 106 valence electrons. The van der Waals surface area contributed by atoms with Gasteiger partial charge in [-0.1, -0.05) is 19.4 Å². The van der Waals surface area contributed by atoms with Crippen LogP contribution in [-0.4, -0.2) is 20.4 Å². The summed E-state index contributed by atoms with van der Waals surface area (Å²) < 4.78 is 0. The Labute approximate surface area is 117 Å². The van der Waals surface area contributed by atoms with E-state index in [0.29, 0.717) is 5.56 Å². The lowest BCUT2D eigenvalue weighted by Crippen LogP contribution is -2.01. The Bertz CT molecular complexity index is 607. The molecule has 4 heteroatoms. The lowest BCUT2D eigenvalue weighted by molar-refractivity contribution is 0.402. The number of rotatable bonds is 4. The van der Waals surface area contributed by atoms with Crippen LogP contribution in [0.3, 0.4) is 0 Å². The van der Waals surface area contributed by atoms with E-state index >= 15 is 0 Å². The highest BCUT2D eigenvalue weighted by atomic mass is 16.3. The average molecular weight is 274 g/mol. The number of phenolic OH excluding ortho intramolecular Hbond substituents is 4. The van der Waals surface area contributed by atoms with Crippen molar-refractivity contribution in [3.8, 4) is 23.0 Å². The van der Waals surface area contributed by atoms with Gasteiger partial charge in [0.25, 0.3) is 0 Å². The van der Waals surface area contributed by atoms with Crippen LogP contribution in [0.1, 0.15) is 36.8 Å². The quantitative estimate of drug-likeness (QED) is 0.508. The maximum atomic E-state index is 9.99. The molecule has 0 bridgehead atoms. The molecule has 0 amide bonds. The minimum Gasteiger partial charge on any atom is -0.508 e. The van der Waals surface area contributed by atoms with E-state index in [-0.39, 0.29) is 28.9 Å². The molecule has 0 aliphatic carbocycles. The highest BCUT2D eigenvalue weighted by Crippen LogP contribution is 2.39. The molecule has 0 radical (unpaired) electrons. The van der Waals surface area contributed by atoms with Gasteiger partial charge in [0.05, 0.1) is 0 Å². The standard InChI is InChI=1S/C16H18O4/c1-2-3-12(10-4-6-15(19)16(20)8-10)13-9-11(17)5-7-14(13)18/h4-9,12,17-20H,2-3H2,1H3. The van der Waals surface area contributed by atoms with Crippen LogP contribution in [0.4, 0.5) is 0 Å². The predicted octanol–water partition coefficient (Wildman–Crippen LogP) is 3.44. The summed E-state index contributed by atoms with van der Waals surface area (Å²) in [5.41, 5.74) is 1.39. The zero-order valence-corrected chi connectivity index (χ0v) is 11.2. The summed E-state index contributed by atoms with van der Waals surface area (Å²) in [4.78, 5) is 0. The van der Waals surface area contributed by atoms with E-state index in [1.54, 1.807) is 6.07 Å². The predicted molar refractivity (Wildman–Crippen MR) is 76.3 cm³/mol. The molecule has 4 nitrogen and oxygen atoms in total. The van der Waals surface area contributed by atoms with Gasteiger partial charge < -0.3 is 20.4 Å². The van der Waals surface area contributed by atoms with Crippen LogP contribution < -0.4 is 0 Å². The molecule has 2 aromatic carbocycles. The Kier molecular flexibility index (Phi) is 4.03. The molecular weight excluding hydrogens is 256 g/mol. The Hall–Kier alpha value is -2.36. The molecule has 0 spiro atoms. The molecule has 0 aromatic heterocycles. The minimum absolute atomic E-state index is 0.0851. The van der Waals surface area contributed by atoms with E-state index in [2.05, 4.69) is 0 Å². The summed E-state index contributed by atoms with van der Waals surface area (Å²) in [6.45, 7) is 2.02. The number of hydrogen-bond acceptors (Lipinski definition) is 4. The third-order valence-electron chi connectivity index (χ3n) is 3.37. The van der Waals surface area contributed by atoms with Gasteiger partial charge in [-0.05, 0) is 42.3 Å². The highest BCUT2D eigenvalue weighted by Gasteiger charge is 2.18. The molecule has 20 heavy (non-hydrogen) atoms. The van der Waals surface area contributed by atoms with Crippen molar-refractivity contribution in [1.82, 2.24) is 0 Å². The summed E-state index contributed by atoms with van der Waals surface area (Å²) in [7, 11) is 0. The van der Waals surface area contributed by atoms with Gasteiger partial charge in [0.1, 0.15) is 11.5 Å². The third kappa shape index (κ3) is 2.79. The average Bonchev–Trinajstić information content (AvgIpc) is 2.42. The van der Waals surface area contributed by atoms with Crippen LogP contribution in [-0.2, 0) is 0 Å². The van der Waals surface area contributed by atoms with E-state index in [1.165, 1.54) is 30.3 Å². The van der Waals surface area contributed by atoms with Gasteiger partial charge >= 0.3 is 0 Å². The fourth-order valence-electron chi connectivity index (χ4n) is 2.37. The van der Waals surface area contributed by atoms with Crippen molar-refractivity contribution in [3.05, 3.63) is 47.5 Å².